The molecule has 0 aliphatic carbocycles. The van der Waals surface area contributed by atoms with Crippen molar-refractivity contribution in [2.75, 3.05) is 18.8 Å². The molecule has 0 radical (unpaired) electrons. The van der Waals surface area contributed by atoms with Crippen molar-refractivity contribution in [3.8, 4) is 5.82 Å². The number of nitrogens with one attached hydrogen (secondary N) is 1. The molecule has 0 aliphatic heterocycles. The molecule has 3 aromatic rings. The molecule has 31 heavy (non-hydrogen) atoms. The normalized spacial score (nSPS) is 11.9. The quantitative estimate of drug-likeness (QED) is 0.624. The van der Waals surface area contributed by atoms with Gasteiger partial charge in [0.25, 0.3) is 15.9 Å². The van der Waals surface area contributed by atoms with Crippen LogP contribution >= 0.6 is 11.6 Å². The first kappa shape index (κ1) is 22.8. The Morgan fingerprint density at radius 3 is 2.35 bits per heavy atom. The molecule has 164 valence electrons. The van der Waals surface area contributed by atoms with E-state index in [4.69, 9.17) is 11.6 Å². The van der Waals surface area contributed by atoms with Crippen molar-refractivity contribution in [2.24, 2.45) is 0 Å². The zero-order valence-corrected chi connectivity index (χ0v) is 19.5. The number of aromatic nitrogens is 3. The highest BCUT2D eigenvalue weighted by Gasteiger charge is 2.21. The van der Waals surface area contributed by atoms with Crippen LogP contribution < -0.4 is 4.72 Å². The summed E-state index contributed by atoms with van der Waals surface area (Å²) in [6.45, 7) is 6.16. The summed E-state index contributed by atoms with van der Waals surface area (Å²) >= 11 is 6.06. The molecule has 1 amide bonds. The maximum absolute atomic E-state index is 13.0. The fourth-order valence-electron chi connectivity index (χ4n) is 2.83. The van der Waals surface area contributed by atoms with Gasteiger partial charge in [0.15, 0.2) is 5.82 Å². The SMILES string of the molecule is CN(C)C(=O)c1cnn(-c2ncc(Cl)cc2NS(=O)(=O)c2ccc(C(C)(C)C)cc2)c1. The third-order valence-corrected chi connectivity index (χ3v) is 6.15. The minimum atomic E-state index is -3.91. The van der Waals surface area contributed by atoms with Gasteiger partial charge in [-0.05, 0) is 29.2 Å². The molecule has 0 bridgehead atoms. The molecule has 3 rings (SSSR count). The molecular weight excluding hydrogens is 438 g/mol. The lowest BCUT2D eigenvalue weighted by Crippen LogP contribution is -2.21. The summed E-state index contributed by atoms with van der Waals surface area (Å²) in [4.78, 5) is 17.9. The molecule has 0 unspecified atom stereocenters. The zero-order chi connectivity index (χ0) is 23.0. The minimum absolute atomic E-state index is 0.0957. The van der Waals surface area contributed by atoms with Crippen LogP contribution in [0.15, 0.2) is 53.8 Å². The number of hydrogen-bond donors (Lipinski definition) is 1. The smallest absolute Gasteiger partial charge is 0.262 e. The Hall–Kier alpha value is -2.91. The van der Waals surface area contributed by atoms with Gasteiger partial charge in [-0.2, -0.15) is 5.10 Å². The number of hydrogen-bond acceptors (Lipinski definition) is 5. The summed E-state index contributed by atoms with van der Waals surface area (Å²) < 4.78 is 29.8. The number of anilines is 1. The topological polar surface area (TPSA) is 97.2 Å². The molecule has 2 aromatic heterocycles. The van der Waals surface area contributed by atoms with E-state index in [9.17, 15) is 13.2 Å². The predicted molar refractivity (Wildman–Crippen MR) is 120 cm³/mol. The average molecular weight is 462 g/mol. The number of pyridine rings is 1. The Morgan fingerprint density at radius 1 is 1.13 bits per heavy atom. The molecule has 0 spiro atoms. The van der Waals surface area contributed by atoms with Gasteiger partial charge in [0.2, 0.25) is 0 Å². The third-order valence-electron chi connectivity index (χ3n) is 4.56. The monoisotopic (exact) mass is 461 g/mol. The summed E-state index contributed by atoms with van der Waals surface area (Å²) in [5.41, 5.74) is 1.40. The number of sulfonamides is 1. The maximum Gasteiger partial charge on any atom is 0.262 e. The van der Waals surface area contributed by atoms with Crippen molar-refractivity contribution in [3.05, 3.63) is 65.1 Å². The van der Waals surface area contributed by atoms with Crippen molar-refractivity contribution >= 4 is 33.2 Å². The highest BCUT2D eigenvalue weighted by molar-refractivity contribution is 7.92. The fraction of sp³-hybridized carbons (Fsp3) is 0.286. The summed E-state index contributed by atoms with van der Waals surface area (Å²) in [6, 6.07) is 8.14. The number of nitrogens with zero attached hydrogens (tertiary/aromatic N) is 4. The van der Waals surface area contributed by atoms with Gasteiger partial charge in [0.1, 0.15) is 0 Å². The summed E-state index contributed by atoms with van der Waals surface area (Å²) in [5, 5.41) is 4.40. The van der Waals surface area contributed by atoms with Crippen LogP contribution in [0, 0.1) is 0 Å². The molecule has 0 atom stereocenters. The van der Waals surface area contributed by atoms with E-state index in [1.807, 2.05) is 0 Å². The first-order valence-electron chi connectivity index (χ1n) is 9.44. The largest absolute Gasteiger partial charge is 0.345 e. The summed E-state index contributed by atoms with van der Waals surface area (Å²) in [5.74, 6) is -0.0432. The van der Waals surface area contributed by atoms with Gasteiger partial charge in [-0.3, -0.25) is 9.52 Å². The maximum atomic E-state index is 13.0. The van der Waals surface area contributed by atoms with Crippen LogP contribution in [0.5, 0.6) is 0 Å². The van der Waals surface area contributed by atoms with Gasteiger partial charge >= 0.3 is 0 Å². The first-order chi connectivity index (χ1) is 14.4. The number of rotatable bonds is 5. The van der Waals surface area contributed by atoms with E-state index in [1.165, 1.54) is 34.2 Å². The Bertz CT molecular complexity index is 1210. The Balaban J connectivity index is 1.97. The van der Waals surface area contributed by atoms with Crippen LogP contribution in [0.3, 0.4) is 0 Å². The highest BCUT2D eigenvalue weighted by Crippen LogP contribution is 2.27. The molecule has 0 fully saturated rings. The predicted octanol–water partition coefficient (Wildman–Crippen LogP) is 3.72. The number of carbonyl (C=O) groups is 1. The van der Waals surface area contributed by atoms with Crippen LogP contribution in [0.2, 0.25) is 5.02 Å². The molecule has 0 aliphatic rings. The lowest BCUT2D eigenvalue weighted by atomic mass is 9.87. The lowest BCUT2D eigenvalue weighted by molar-refractivity contribution is 0.0827. The van der Waals surface area contributed by atoms with Crippen molar-refractivity contribution < 1.29 is 13.2 Å². The number of carbonyl (C=O) groups excluding carboxylic acids is 1. The van der Waals surface area contributed by atoms with E-state index in [0.29, 0.717) is 5.56 Å². The van der Waals surface area contributed by atoms with Gasteiger partial charge in [0, 0.05) is 26.5 Å². The van der Waals surface area contributed by atoms with E-state index < -0.39 is 10.0 Å². The average Bonchev–Trinajstić information content (AvgIpc) is 3.16. The van der Waals surface area contributed by atoms with E-state index in [1.54, 1.807) is 38.4 Å². The second-order valence-corrected chi connectivity index (χ2v) is 10.4. The molecule has 0 saturated heterocycles. The van der Waals surface area contributed by atoms with Crippen LogP contribution in [0.1, 0.15) is 36.7 Å². The molecule has 2 heterocycles. The standard InChI is InChI=1S/C21H24ClN5O3S/c1-21(2,3)15-6-8-17(9-7-15)31(29,30)25-18-10-16(22)12-23-19(18)27-13-14(11-24-27)20(28)26(4)5/h6-13,25H,1-5H3. The molecule has 0 saturated carbocycles. The second-order valence-electron chi connectivity index (χ2n) is 8.28. The van der Waals surface area contributed by atoms with E-state index >= 15 is 0 Å². The minimum Gasteiger partial charge on any atom is -0.345 e. The zero-order valence-electron chi connectivity index (χ0n) is 17.9. The van der Waals surface area contributed by atoms with Gasteiger partial charge in [-0.25, -0.2) is 18.1 Å². The molecule has 1 N–H and O–H groups in total. The van der Waals surface area contributed by atoms with Crippen molar-refractivity contribution in [2.45, 2.75) is 31.1 Å². The van der Waals surface area contributed by atoms with Gasteiger partial charge in [0.05, 0.1) is 27.4 Å². The highest BCUT2D eigenvalue weighted by atomic mass is 35.5. The van der Waals surface area contributed by atoms with Crippen molar-refractivity contribution in [1.29, 1.82) is 0 Å². The first-order valence-corrected chi connectivity index (χ1v) is 11.3. The van der Waals surface area contributed by atoms with Crippen LogP contribution in [-0.4, -0.2) is 48.1 Å². The van der Waals surface area contributed by atoms with Crippen LogP contribution in [0.4, 0.5) is 5.69 Å². The summed E-state index contributed by atoms with van der Waals surface area (Å²) in [7, 11) is -0.651. The van der Waals surface area contributed by atoms with Crippen molar-refractivity contribution in [1.82, 2.24) is 19.7 Å². The van der Waals surface area contributed by atoms with E-state index in [0.717, 1.165) is 5.56 Å². The molecular formula is C21H24ClN5O3S. The van der Waals surface area contributed by atoms with E-state index in [-0.39, 0.29) is 32.7 Å². The Morgan fingerprint density at radius 2 is 1.77 bits per heavy atom. The third kappa shape index (κ3) is 5.05. The van der Waals surface area contributed by atoms with Crippen LogP contribution in [0.25, 0.3) is 5.82 Å². The Kier molecular flexibility index (Phi) is 6.11. The Labute approximate surface area is 186 Å². The summed E-state index contributed by atoms with van der Waals surface area (Å²) in [6.07, 6.45) is 4.25. The number of amides is 1. The number of benzene rings is 1. The fourth-order valence-corrected chi connectivity index (χ4v) is 4.04. The van der Waals surface area contributed by atoms with Crippen molar-refractivity contribution in [3.63, 3.8) is 0 Å². The van der Waals surface area contributed by atoms with Crippen LogP contribution in [-0.2, 0) is 15.4 Å². The molecule has 1 aromatic carbocycles. The number of halogens is 1. The lowest BCUT2D eigenvalue weighted by Gasteiger charge is -2.19. The van der Waals surface area contributed by atoms with Gasteiger partial charge in [-0.1, -0.05) is 44.5 Å². The second kappa shape index (κ2) is 8.32. The molecule has 10 heteroatoms. The van der Waals surface area contributed by atoms with E-state index in [2.05, 4.69) is 35.6 Å². The molecule has 8 nitrogen and oxygen atoms in total. The van der Waals surface area contributed by atoms with Gasteiger partial charge in [-0.15, -0.1) is 0 Å². The van der Waals surface area contributed by atoms with Gasteiger partial charge < -0.3 is 4.90 Å².